The molecule has 1 aliphatic heterocycles. The minimum atomic E-state index is -0.167. The van der Waals surface area contributed by atoms with Crippen molar-refractivity contribution in [1.82, 2.24) is 25.6 Å². The van der Waals surface area contributed by atoms with Crippen LogP contribution in [0.4, 0.5) is 0 Å². The number of fused-ring (bicyclic) bond motifs is 2. The topological polar surface area (TPSA) is 104 Å². The van der Waals surface area contributed by atoms with E-state index in [2.05, 4.69) is 20.7 Å². The zero-order chi connectivity index (χ0) is 21.7. The Morgan fingerprint density at radius 1 is 1.09 bits per heavy atom. The Hall–Kier alpha value is -3.94. The molecule has 160 valence electrons. The Morgan fingerprint density at radius 3 is 2.84 bits per heavy atom. The van der Waals surface area contributed by atoms with Crippen LogP contribution < -0.4 is 5.32 Å². The highest BCUT2D eigenvalue weighted by atomic mass is 16.3. The molecule has 8 nitrogen and oxygen atoms in total. The number of nitrogens with zero attached hydrogens (tertiary/aromatic N) is 3. The molecule has 3 heterocycles. The number of nitrogens with one attached hydrogen (secondary N) is 2. The van der Waals surface area contributed by atoms with Crippen LogP contribution in [0.15, 0.2) is 65.3 Å². The quantitative estimate of drug-likeness (QED) is 0.509. The number of furan rings is 1. The summed E-state index contributed by atoms with van der Waals surface area (Å²) in [6, 6.07) is 16.7. The first-order chi connectivity index (χ1) is 15.7. The number of hydrogen-bond donors (Lipinski definition) is 2. The summed E-state index contributed by atoms with van der Waals surface area (Å²) in [6.07, 6.45) is 2.67. The molecule has 1 saturated heterocycles. The number of hydrogen-bond acceptors (Lipinski definition) is 5. The van der Waals surface area contributed by atoms with Gasteiger partial charge in [-0.15, -0.1) is 0 Å². The molecule has 0 unspecified atom stereocenters. The third kappa shape index (κ3) is 3.07. The molecule has 2 aromatic carbocycles. The molecule has 0 radical (unpaired) electrons. The predicted octanol–water partition coefficient (Wildman–Crippen LogP) is 3.11. The highest BCUT2D eigenvalue weighted by Crippen LogP contribution is 2.49. The first-order valence-corrected chi connectivity index (χ1v) is 10.7. The molecule has 0 bridgehead atoms. The largest absolute Gasteiger partial charge is 0.464 e. The SMILES string of the molecule is O=C(NC[C@@H]1[C@@H]2C[C@@H]2CN1C(=O)c1n[nH]nc1-c1ccccc1)c1cccc2occc12. The lowest BCUT2D eigenvalue weighted by Crippen LogP contribution is -2.45. The molecule has 2 N–H and O–H groups in total. The molecule has 3 atom stereocenters. The minimum Gasteiger partial charge on any atom is -0.464 e. The van der Waals surface area contributed by atoms with Crippen molar-refractivity contribution in [3.63, 3.8) is 0 Å². The van der Waals surface area contributed by atoms with Crippen molar-refractivity contribution < 1.29 is 14.0 Å². The van der Waals surface area contributed by atoms with E-state index in [4.69, 9.17) is 4.42 Å². The number of aromatic amines is 1. The average molecular weight is 427 g/mol. The zero-order valence-corrected chi connectivity index (χ0v) is 17.2. The number of benzene rings is 2. The lowest BCUT2D eigenvalue weighted by atomic mass is 10.1. The minimum absolute atomic E-state index is 0.0553. The zero-order valence-electron chi connectivity index (χ0n) is 17.2. The summed E-state index contributed by atoms with van der Waals surface area (Å²) in [6.45, 7) is 1.08. The van der Waals surface area contributed by atoms with Crippen molar-refractivity contribution in [3.05, 3.63) is 72.1 Å². The van der Waals surface area contributed by atoms with Crippen molar-refractivity contribution in [2.75, 3.05) is 13.1 Å². The van der Waals surface area contributed by atoms with Gasteiger partial charge in [0.1, 0.15) is 11.3 Å². The molecular weight excluding hydrogens is 406 g/mol. The fourth-order valence-electron chi connectivity index (χ4n) is 4.86. The van der Waals surface area contributed by atoms with E-state index in [9.17, 15) is 9.59 Å². The summed E-state index contributed by atoms with van der Waals surface area (Å²) in [5, 5.41) is 14.8. The van der Waals surface area contributed by atoms with E-state index in [1.807, 2.05) is 41.3 Å². The van der Waals surface area contributed by atoms with Crippen LogP contribution in [0.2, 0.25) is 0 Å². The van der Waals surface area contributed by atoms with Gasteiger partial charge in [-0.25, -0.2) is 0 Å². The van der Waals surface area contributed by atoms with Gasteiger partial charge in [0.2, 0.25) is 0 Å². The standard InChI is InChI=1S/C24H21N5O3/c30-23(17-7-4-8-20-16(17)9-10-32-20)25-12-19-18-11-15(18)13-29(19)24(31)22-21(26-28-27-22)14-5-2-1-3-6-14/h1-10,15,18-19H,11-13H2,(H,25,30)(H,26,27,28)/t15-,18-,19-/m1/s1. The fourth-order valence-corrected chi connectivity index (χ4v) is 4.86. The number of likely N-dealkylation sites (tertiary alicyclic amines) is 1. The molecule has 2 aromatic heterocycles. The van der Waals surface area contributed by atoms with Gasteiger partial charge in [-0.2, -0.15) is 15.4 Å². The van der Waals surface area contributed by atoms with Gasteiger partial charge in [0.15, 0.2) is 5.69 Å². The van der Waals surface area contributed by atoms with Crippen LogP contribution in [0.3, 0.4) is 0 Å². The van der Waals surface area contributed by atoms with Crippen LogP contribution in [0, 0.1) is 11.8 Å². The first-order valence-electron chi connectivity index (χ1n) is 10.7. The second-order valence-corrected chi connectivity index (χ2v) is 8.42. The Bertz CT molecular complexity index is 1310. The van der Waals surface area contributed by atoms with Crippen LogP contribution in [0.1, 0.15) is 27.3 Å². The van der Waals surface area contributed by atoms with Gasteiger partial charge < -0.3 is 14.6 Å². The summed E-state index contributed by atoms with van der Waals surface area (Å²) >= 11 is 0. The first kappa shape index (κ1) is 18.8. The summed E-state index contributed by atoms with van der Waals surface area (Å²) in [4.78, 5) is 28.2. The Labute approximate surface area is 183 Å². The number of H-pyrrole nitrogens is 1. The molecule has 0 spiro atoms. The Balaban J connectivity index is 1.21. The smallest absolute Gasteiger partial charge is 0.277 e. The molecule has 1 aliphatic carbocycles. The Morgan fingerprint density at radius 2 is 1.97 bits per heavy atom. The summed E-state index contributed by atoms with van der Waals surface area (Å²) < 4.78 is 5.40. The summed E-state index contributed by atoms with van der Waals surface area (Å²) in [7, 11) is 0. The third-order valence-electron chi connectivity index (χ3n) is 6.57. The van der Waals surface area contributed by atoms with Crippen LogP contribution in [-0.4, -0.2) is 51.3 Å². The van der Waals surface area contributed by atoms with Gasteiger partial charge in [0.25, 0.3) is 11.8 Å². The van der Waals surface area contributed by atoms with Crippen molar-refractivity contribution >= 4 is 22.8 Å². The summed E-state index contributed by atoms with van der Waals surface area (Å²) in [5.74, 6) is 0.585. The van der Waals surface area contributed by atoms with Gasteiger partial charge in [-0.05, 0) is 36.5 Å². The number of piperidine rings is 1. The number of amides is 2. The predicted molar refractivity (Wildman–Crippen MR) is 117 cm³/mol. The molecule has 4 aromatic rings. The molecule has 2 aliphatic rings. The molecule has 8 heteroatoms. The molecule has 32 heavy (non-hydrogen) atoms. The maximum absolute atomic E-state index is 13.4. The van der Waals surface area contributed by atoms with Gasteiger partial charge in [0.05, 0.1) is 17.9 Å². The van der Waals surface area contributed by atoms with Crippen molar-refractivity contribution in [2.24, 2.45) is 11.8 Å². The van der Waals surface area contributed by atoms with Gasteiger partial charge in [0, 0.05) is 24.0 Å². The van der Waals surface area contributed by atoms with Crippen LogP contribution in [-0.2, 0) is 0 Å². The van der Waals surface area contributed by atoms with Crippen LogP contribution >= 0.6 is 0 Å². The van der Waals surface area contributed by atoms with E-state index >= 15 is 0 Å². The normalized spacial score (nSPS) is 21.5. The van der Waals surface area contributed by atoms with Crippen molar-refractivity contribution in [1.29, 1.82) is 0 Å². The number of carbonyl (C=O) groups excluding carboxylic acids is 2. The van der Waals surface area contributed by atoms with Gasteiger partial charge in [-0.3, -0.25) is 9.59 Å². The van der Waals surface area contributed by atoms with E-state index in [1.54, 1.807) is 24.5 Å². The highest BCUT2D eigenvalue weighted by molar-refractivity contribution is 6.06. The van der Waals surface area contributed by atoms with E-state index < -0.39 is 0 Å². The van der Waals surface area contributed by atoms with Crippen LogP contribution in [0.25, 0.3) is 22.2 Å². The lowest BCUT2D eigenvalue weighted by molar-refractivity contribution is 0.0690. The van der Waals surface area contributed by atoms with E-state index in [0.29, 0.717) is 47.5 Å². The number of rotatable bonds is 5. The maximum atomic E-state index is 13.4. The fraction of sp³-hybridized carbons (Fsp3) is 0.250. The lowest BCUT2D eigenvalue weighted by Gasteiger charge is -2.27. The van der Waals surface area contributed by atoms with E-state index in [-0.39, 0.29) is 17.9 Å². The van der Waals surface area contributed by atoms with Gasteiger partial charge >= 0.3 is 0 Å². The van der Waals surface area contributed by atoms with Crippen LogP contribution in [0.5, 0.6) is 0 Å². The second-order valence-electron chi connectivity index (χ2n) is 8.42. The van der Waals surface area contributed by atoms with E-state index in [1.165, 1.54) is 0 Å². The third-order valence-corrected chi connectivity index (χ3v) is 6.57. The highest BCUT2D eigenvalue weighted by Gasteiger charge is 2.54. The van der Waals surface area contributed by atoms with Crippen molar-refractivity contribution in [2.45, 2.75) is 12.5 Å². The summed E-state index contributed by atoms with van der Waals surface area (Å²) in [5.41, 5.74) is 2.95. The number of aromatic nitrogens is 3. The van der Waals surface area contributed by atoms with Crippen molar-refractivity contribution in [3.8, 4) is 11.3 Å². The molecular formula is C24H21N5O3. The Kier molecular flexibility index (Phi) is 4.31. The molecule has 2 amide bonds. The van der Waals surface area contributed by atoms with E-state index in [0.717, 1.165) is 17.4 Å². The van der Waals surface area contributed by atoms with Gasteiger partial charge in [-0.1, -0.05) is 36.4 Å². The monoisotopic (exact) mass is 427 g/mol. The molecule has 2 fully saturated rings. The molecule has 6 rings (SSSR count). The second kappa shape index (κ2) is 7.33. The number of carbonyl (C=O) groups is 2. The maximum Gasteiger partial charge on any atom is 0.277 e. The average Bonchev–Trinajstić information content (AvgIpc) is 3.21. The molecule has 1 saturated carbocycles.